The van der Waals surface area contributed by atoms with Crippen molar-refractivity contribution in [3.63, 3.8) is 0 Å². The van der Waals surface area contributed by atoms with Crippen molar-refractivity contribution >= 4 is 5.97 Å². The van der Waals surface area contributed by atoms with Gasteiger partial charge in [0.05, 0.1) is 0 Å². The van der Waals surface area contributed by atoms with Gasteiger partial charge in [0.15, 0.2) is 0 Å². The summed E-state index contributed by atoms with van der Waals surface area (Å²) in [7, 11) is 0. The molecule has 1 fully saturated rings. The Hall–Kier alpha value is -0.790. The first-order valence-corrected chi connectivity index (χ1v) is 5.11. The fourth-order valence-corrected chi connectivity index (χ4v) is 1.99. The second kappa shape index (κ2) is 5.05. The number of carbonyl (C=O) groups is 1. The van der Waals surface area contributed by atoms with Crippen LogP contribution in [0.5, 0.6) is 0 Å². The first kappa shape index (κ1) is 10.3. The highest BCUT2D eigenvalue weighted by Gasteiger charge is 2.25. The standard InChI is InChI=1S/C11H18O2/c1-3-9-7-5-6-8-10(9)13-11(12)4-2/h4,9-10H,2-3,5-8H2,1H3. The molecule has 13 heavy (non-hydrogen) atoms. The SMILES string of the molecule is C=CC(=O)OC1CCCCC1CC. The van der Waals surface area contributed by atoms with Crippen molar-refractivity contribution in [3.8, 4) is 0 Å². The minimum Gasteiger partial charge on any atom is -0.459 e. The van der Waals surface area contributed by atoms with Gasteiger partial charge in [-0.3, -0.25) is 0 Å². The van der Waals surface area contributed by atoms with E-state index in [1.54, 1.807) is 0 Å². The molecular weight excluding hydrogens is 164 g/mol. The highest BCUT2D eigenvalue weighted by atomic mass is 16.5. The molecule has 0 N–H and O–H groups in total. The molecule has 1 rings (SSSR count). The average Bonchev–Trinajstić information content (AvgIpc) is 2.18. The van der Waals surface area contributed by atoms with E-state index in [9.17, 15) is 4.79 Å². The minimum atomic E-state index is -0.273. The van der Waals surface area contributed by atoms with E-state index in [4.69, 9.17) is 4.74 Å². The Morgan fingerprint density at radius 1 is 1.54 bits per heavy atom. The summed E-state index contributed by atoms with van der Waals surface area (Å²) in [6.45, 7) is 5.56. The predicted octanol–water partition coefficient (Wildman–Crippen LogP) is 2.68. The van der Waals surface area contributed by atoms with E-state index in [-0.39, 0.29) is 12.1 Å². The molecular formula is C11H18O2. The molecule has 74 valence electrons. The lowest BCUT2D eigenvalue weighted by molar-refractivity contribution is -0.147. The smallest absolute Gasteiger partial charge is 0.330 e. The number of rotatable bonds is 3. The quantitative estimate of drug-likeness (QED) is 0.495. The summed E-state index contributed by atoms with van der Waals surface area (Å²) in [6, 6.07) is 0. The second-order valence-corrected chi connectivity index (χ2v) is 3.63. The van der Waals surface area contributed by atoms with E-state index in [2.05, 4.69) is 13.5 Å². The largest absolute Gasteiger partial charge is 0.459 e. The summed E-state index contributed by atoms with van der Waals surface area (Å²) in [4.78, 5) is 11.0. The summed E-state index contributed by atoms with van der Waals surface area (Å²) in [5.74, 6) is 0.294. The molecule has 1 aliphatic rings. The molecule has 0 bridgehead atoms. The van der Waals surface area contributed by atoms with Gasteiger partial charge in [-0.15, -0.1) is 0 Å². The highest BCUT2D eigenvalue weighted by molar-refractivity contribution is 5.81. The third-order valence-electron chi connectivity index (χ3n) is 2.80. The Labute approximate surface area is 80.0 Å². The van der Waals surface area contributed by atoms with Crippen LogP contribution in [0.3, 0.4) is 0 Å². The summed E-state index contributed by atoms with van der Waals surface area (Å²) >= 11 is 0. The Kier molecular flexibility index (Phi) is 4.00. The molecule has 2 unspecified atom stereocenters. The van der Waals surface area contributed by atoms with Crippen LogP contribution in [0, 0.1) is 5.92 Å². The molecule has 2 heteroatoms. The summed E-state index contributed by atoms with van der Waals surface area (Å²) in [5, 5.41) is 0. The molecule has 0 saturated heterocycles. The maximum atomic E-state index is 11.0. The third-order valence-corrected chi connectivity index (χ3v) is 2.80. The van der Waals surface area contributed by atoms with Gasteiger partial charge in [-0.05, 0) is 31.6 Å². The molecule has 0 heterocycles. The fraction of sp³-hybridized carbons (Fsp3) is 0.727. The topological polar surface area (TPSA) is 26.3 Å². The van der Waals surface area contributed by atoms with Crippen LogP contribution in [0.1, 0.15) is 39.0 Å². The van der Waals surface area contributed by atoms with Crippen molar-refractivity contribution in [2.24, 2.45) is 5.92 Å². The second-order valence-electron chi connectivity index (χ2n) is 3.63. The van der Waals surface area contributed by atoms with Crippen LogP contribution in [0.25, 0.3) is 0 Å². The predicted molar refractivity (Wildman–Crippen MR) is 52.3 cm³/mol. The molecule has 0 radical (unpaired) electrons. The summed E-state index contributed by atoms with van der Waals surface area (Å²) in [5.41, 5.74) is 0. The maximum absolute atomic E-state index is 11.0. The molecule has 1 saturated carbocycles. The van der Waals surface area contributed by atoms with Gasteiger partial charge in [-0.1, -0.05) is 19.9 Å². The molecule has 0 aliphatic heterocycles. The Morgan fingerprint density at radius 2 is 2.23 bits per heavy atom. The number of esters is 1. The molecule has 0 spiro atoms. The normalized spacial score (nSPS) is 28.1. The zero-order valence-electron chi connectivity index (χ0n) is 8.29. The van der Waals surface area contributed by atoms with Gasteiger partial charge in [0.2, 0.25) is 0 Å². The minimum absolute atomic E-state index is 0.143. The van der Waals surface area contributed by atoms with Crippen molar-refractivity contribution in [1.29, 1.82) is 0 Å². The van der Waals surface area contributed by atoms with Gasteiger partial charge >= 0.3 is 5.97 Å². The first-order chi connectivity index (χ1) is 6.27. The maximum Gasteiger partial charge on any atom is 0.330 e. The zero-order chi connectivity index (χ0) is 9.68. The Balaban J connectivity index is 2.44. The molecule has 2 nitrogen and oxygen atoms in total. The number of carbonyl (C=O) groups excluding carboxylic acids is 1. The van der Waals surface area contributed by atoms with Gasteiger partial charge in [0, 0.05) is 6.08 Å². The van der Waals surface area contributed by atoms with Gasteiger partial charge < -0.3 is 4.74 Å². The molecule has 0 aromatic heterocycles. The van der Waals surface area contributed by atoms with E-state index in [0.717, 1.165) is 12.8 Å². The molecule has 1 aliphatic carbocycles. The van der Waals surface area contributed by atoms with Crippen molar-refractivity contribution in [1.82, 2.24) is 0 Å². The van der Waals surface area contributed by atoms with Crippen molar-refractivity contribution < 1.29 is 9.53 Å². The van der Waals surface area contributed by atoms with Crippen LogP contribution in [-0.4, -0.2) is 12.1 Å². The Morgan fingerprint density at radius 3 is 2.85 bits per heavy atom. The van der Waals surface area contributed by atoms with Gasteiger partial charge in [0.1, 0.15) is 6.10 Å². The van der Waals surface area contributed by atoms with Crippen molar-refractivity contribution in [2.45, 2.75) is 45.1 Å². The van der Waals surface area contributed by atoms with Gasteiger partial charge in [0.25, 0.3) is 0 Å². The van der Waals surface area contributed by atoms with Crippen molar-refractivity contribution in [3.05, 3.63) is 12.7 Å². The van der Waals surface area contributed by atoms with E-state index in [1.165, 1.54) is 25.3 Å². The van der Waals surface area contributed by atoms with E-state index < -0.39 is 0 Å². The summed E-state index contributed by atoms with van der Waals surface area (Å²) < 4.78 is 5.29. The lowest BCUT2D eigenvalue weighted by Gasteiger charge is -2.29. The monoisotopic (exact) mass is 182 g/mol. The van der Waals surface area contributed by atoms with Gasteiger partial charge in [-0.2, -0.15) is 0 Å². The molecule has 0 aromatic rings. The van der Waals surface area contributed by atoms with E-state index >= 15 is 0 Å². The van der Waals surface area contributed by atoms with Crippen LogP contribution in [0.2, 0.25) is 0 Å². The van der Waals surface area contributed by atoms with Crippen LogP contribution >= 0.6 is 0 Å². The van der Waals surface area contributed by atoms with Crippen LogP contribution in [0.4, 0.5) is 0 Å². The first-order valence-electron chi connectivity index (χ1n) is 5.11. The third kappa shape index (κ3) is 2.87. The Bertz CT molecular complexity index is 187. The number of ether oxygens (including phenoxy) is 1. The lowest BCUT2D eigenvalue weighted by atomic mass is 9.85. The number of hydrogen-bond donors (Lipinski definition) is 0. The molecule has 0 aromatic carbocycles. The van der Waals surface area contributed by atoms with E-state index in [0.29, 0.717) is 5.92 Å². The molecule has 2 atom stereocenters. The van der Waals surface area contributed by atoms with Crippen LogP contribution in [-0.2, 0) is 9.53 Å². The lowest BCUT2D eigenvalue weighted by Crippen LogP contribution is -2.29. The van der Waals surface area contributed by atoms with Gasteiger partial charge in [-0.25, -0.2) is 4.79 Å². The summed E-state index contributed by atoms with van der Waals surface area (Å²) in [6.07, 6.45) is 7.19. The fourth-order valence-electron chi connectivity index (χ4n) is 1.99. The average molecular weight is 182 g/mol. The zero-order valence-corrected chi connectivity index (χ0v) is 8.29. The van der Waals surface area contributed by atoms with Crippen LogP contribution < -0.4 is 0 Å². The van der Waals surface area contributed by atoms with E-state index in [1.807, 2.05) is 0 Å². The number of hydrogen-bond acceptors (Lipinski definition) is 2. The van der Waals surface area contributed by atoms with Crippen LogP contribution in [0.15, 0.2) is 12.7 Å². The van der Waals surface area contributed by atoms with Crippen molar-refractivity contribution in [2.75, 3.05) is 0 Å². The highest BCUT2D eigenvalue weighted by Crippen LogP contribution is 2.29. The molecule has 0 amide bonds.